The molecule has 0 saturated heterocycles. The Balaban J connectivity index is 1.81. The van der Waals surface area contributed by atoms with Crippen molar-refractivity contribution in [1.29, 1.82) is 0 Å². The van der Waals surface area contributed by atoms with E-state index in [2.05, 4.69) is 4.98 Å². The zero-order chi connectivity index (χ0) is 22.0. The highest BCUT2D eigenvalue weighted by molar-refractivity contribution is 8.01. The third-order valence-electron chi connectivity index (χ3n) is 4.16. The van der Waals surface area contributed by atoms with E-state index in [1.807, 2.05) is 12.3 Å². The van der Waals surface area contributed by atoms with E-state index in [-0.39, 0.29) is 23.6 Å². The lowest BCUT2D eigenvalue weighted by Crippen LogP contribution is -2.38. The zero-order valence-corrected chi connectivity index (χ0v) is 17.8. The van der Waals surface area contributed by atoms with Crippen LogP contribution >= 0.6 is 23.1 Å². The van der Waals surface area contributed by atoms with Crippen LogP contribution in [0.15, 0.2) is 48.5 Å². The lowest BCUT2D eigenvalue weighted by atomic mass is 10.2. The zero-order valence-electron chi connectivity index (χ0n) is 16.1. The second-order valence-corrected chi connectivity index (χ2v) is 8.39. The highest BCUT2D eigenvalue weighted by atomic mass is 32.2. The molecule has 2 heterocycles. The number of hydrogen-bond donors (Lipinski definition) is 0. The fourth-order valence-corrected chi connectivity index (χ4v) is 4.37. The number of hydrogen-bond acceptors (Lipinski definition) is 9. The maximum atomic E-state index is 12.4. The molecule has 0 spiro atoms. The van der Waals surface area contributed by atoms with E-state index in [1.54, 1.807) is 0 Å². The minimum Gasteiger partial charge on any atom is -0.456 e. The number of esters is 1. The summed E-state index contributed by atoms with van der Waals surface area (Å²) in [7, 11) is 2.79. The fraction of sp³-hybridized carbons (Fsp3) is 0.222. The molecular formula is C18H16N4O6S2. The highest BCUT2D eigenvalue weighted by Gasteiger charge is 2.20. The number of thiazole rings is 1. The van der Waals surface area contributed by atoms with Crippen molar-refractivity contribution in [3.05, 3.63) is 77.5 Å². The van der Waals surface area contributed by atoms with Crippen molar-refractivity contribution in [2.45, 2.75) is 22.8 Å². The SMILES string of the molecule is Cc1csc(Sc2ccc(C(=O)OCc3cc(=O)n(C)c(=O)n3C)cc2[N+](=O)[O-])n1. The highest BCUT2D eigenvalue weighted by Crippen LogP contribution is 2.36. The molecule has 0 bridgehead atoms. The molecule has 0 atom stereocenters. The molecule has 0 saturated carbocycles. The topological polar surface area (TPSA) is 126 Å². The second kappa shape index (κ2) is 8.63. The Morgan fingerprint density at radius 1 is 1.27 bits per heavy atom. The Labute approximate surface area is 177 Å². The summed E-state index contributed by atoms with van der Waals surface area (Å²) in [5.41, 5.74) is -0.326. The van der Waals surface area contributed by atoms with Gasteiger partial charge in [0.15, 0.2) is 4.34 Å². The monoisotopic (exact) mass is 448 g/mol. The fourth-order valence-electron chi connectivity index (χ4n) is 2.49. The van der Waals surface area contributed by atoms with Gasteiger partial charge in [0.25, 0.3) is 11.2 Å². The molecule has 0 aliphatic heterocycles. The van der Waals surface area contributed by atoms with Crippen LogP contribution in [-0.2, 0) is 25.4 Å². The van der Waals surface area contributed by atoms with E-state index in [0.717, 1.165) is 28.1 Å². The van der Waals surface area contributed by atoms with Crippen LogP contribution in [0.3, 0.4) is 0 Å². The molecule has 2 aromatic heterocycles. The first-order valence-electron chi connectivity index (χ1n) is 8.49. The summed E-state index contributed by atoms with van der Waals surface area (Å²) in [5, 5.41) is 13.3. The van der Waals surface area contributed by atoms with Gasteiger partial charge in [-0.05, 0) is 19.1 Å². The Morgan fingerprint density at radius 3 is 2.63 bits per heavy atom. The van der Waals surface area contributed by atoms with Gasteiger partial charge in [-0.25, -0.2) is 14.6 Å². The Hall–Kier alpha value is -3.25. The molecule has 3 rings (SSSR count). The smallest absolute Gasteiger partial charge is 0.338 e. The van der Waals surface area contributed by atoms with Crippen molar-refractivity contribution in [2.75, 3.05) is 0 Å². The molecule has 0 unspecified atom stereocenters. The minimum atomic E-state index is -0.812. The average molecular weight is 448 g/mol. The van der Waals surface area contributed by atoms with E-state index < -0.39 is 22.1 Å². The first-order valence-corrected chi connectivity index (χ1v) is 10.2. The molecule has 30 heavy (non-hydrogen) atoms. The molecule has 0 fully saturated rings. The maximum absolute atomic E-state index is 12.4. The molecule has 0 radical (unpaired) electrons. The summed E-state index contributed by atoms with van der Waals surface area (Å²) in [6.45, 7) is 1.50. The third kappa shape index (κ3) is 4.49. The molecule has 156 valence electrons. The number of aryl methyl sites for hydroxylation is 1. The maximum Gasteiger partial charge on any atom is 0.338 e. The van der Waals surface area contributed by atoms with Gasteiger partial charge in [0.05, 0.1) is 21.1 Å². The van der Waals surface area contributed by atoms with Gasteiger partial charge in [0.2, 0.25) is 0 Å². The number of ether oxygens (including phenoxy) is 1. The number of nitro benzene ring substituents is 1. The molecule has 0 N–H and O–H groups in total. The molecule has 3 aromatic rings. The second-order valence-electron chi connectivity index (χ2n) is 6.25. The summed E-state index contributed by atoms with van der Waals surface area (Å²) in [5.74, 6) is -0.812. The van der Waals surface area contributed by atoms with E-state index in [9.17, 15) is 24.5 Å². The number of nitrogens with zero attached hydrogens (tertiary/aromatic N) is 4. The number of aromatic nitrogens is 3. The molecular weight excluding hydrogens is 432 g/mol. The van der Waals surface area contributed by atoms with Crippen LogP contribution in [0, 0.1) is 17.0 Å². The number of carbonyl (C=O) groups is 1. The predicted molar refractivity (Wildman–Crippen MR) is 110 cm³/mol. The van der Waals surface area contributed by atoms with E-state index in [1.165, 1.54) is 48.2 Å². The first-order chi connectivity index (χ1) is 14.2. The van der Waals surface area contributed by atoms with Gasteiger partial charge in [0, 0.05) is 37.3 Å². The van der Waals surface area contributed by atoms with Crippen LogP contribution in [0.4, 0.5) is 5.69 Å². The van der Waals surface area contributed by atoms with Crippen molar-refractivity contribution < 1.29 is 14.5 Å². The largest absolute Gasteiger partial charge is 0.456 e. The van der Waals surface area contributed by atoms with Crippen molar-refractivity contribution in [3.63, 3.8) is 0 Å². The van der Waals surface area contributed by atoms with Gasteiger partial charge in [0.1, 0.15) is 6.61 Å². The molecule has 0 aliphatic rings. The van der Waals surface area contributed by atoms with Crippen LogP contribution in [0.1, 0.15) is 21.7 Å². The van der Waals surface area contributed by atoms with Crippen LogP contribution < -0.4 is 11.2 Å². The van der Waals surface area contributed by atoms with Gasteiger partial charge in [-0.15, -0.1) is 11.3 Å². The number of nitro groups is 1. The summed E-state index contributed by atoms with van der Waals surface area (Å²) in [4.78, 5) is 51.6. The van der Waals surface area contributed by atoms with E-state index in [0.29, 0.717) is 9.24 Å². The molecule has 0 aliphatic carbocycles. The normalized spacial score (nSPS) is 10.8. The van der Waals surface area contributed by atoms with Crippen LogP contribution in [0.2, 0.25) is 0 Å². The van der Waals surface area contributed by atoms with Crippen molar-refractivity contribution in [1.82, 2.24) is 14.1 Å². The lowest BCUT2D eigenvalue weighted by molar-refractivity contribution is -0.387. The van der Waals surface area contributed by atoms with Gasteiger partial charge in [-0.3, -0.25) is 24.0 Å². The number of rotatable bonds is 6. The quantitative estimate of drug-likeness (QED) is 0.319. The molecule has 0 amide bonds. The van der Waals surface area contributed by atoms with Crippen molar-refractivity contribution in [2.24, 2.45) is 14.1 Å². The predicted octanol–water partition coefficient (Wildman–Crippen LogP) is 2.27. The molecule has 10 nitrogen and oxygen atoms in total. The molecule has 12 heteroatoms. The van der Waals surface area contributed by atoms with Crippen LogP contribution in [0.5, 0.6) is 0 Å². The van der Waals surface area contributed by atoms with Gasteiger partial charge >= 0.3 is 11.7 Å². The Bertz CT molecular complexity index is 1260. The summed E-state index contributed by atoms with van der Waals surface area (Å²) < 4.78 is 7.92. The van der Waals surface area contributed by atoms with Gasteiger partial charge < -0.3 is 4.74 Å². The summed E-state index contributed by atoms with van der Waals surface area (Å²) in [6.07, 6.45) is 0. The number of carbonyl (C=O) groups excluding carboxylic acids is 1. The summed E-state index contributed by atoms with van der Waals surface area (Å²) in [6, 6.07) is 5.20. The first kappa shape index (κ1) is 21.5. The summed E-state index contributed by atoms with van der Waals surface area (Å²) >= 11 is 2.51. The lowest BCUT2D eigenvalue weighted by Gasteiger charge is -2.10. The minimum absolute atomic E-state index is 0.0183. The molecule has 1 aromatic carbocycles. The van der Waals surface area contributed by atoms with Crippen molar-refractivity contribution in [3.8, 4) is 0 Å². The van der Waals surface area contributed by atoms with Gasteiger partial charge in [-0.2, -0.15) is 0 Å². The number of benzene rings is 1. The third-order valence-corrected chi connectivity index (χ3v) is 6.28. The van der Waals surface area contributed by atoms with Crippen LogP contribution in [0.25, 0.3) is 0 Å². The van der Waals surface area contributed by atoms with Crippen molar-refractivity contribution >= 4 is 34.8 Å². The van der Waals surface area contributed by atoms with E-state index in [4.69, 9.17) is 4.74 Å². The Kier molecular flexibility index (Phi) is 6.17. The van der Waals surface area contributed by atoms with Crippen LogP contribution in [-0.4, -0.2) is 25.0 Å². The van der Waals surface area contributed by atoms with E-state index >= 15 is 0 Å². The van der Waals surface area contributed by atoms with Gasteiger partial charge in [-0.1, -0.05) is 11.8 Å². The average Bonchev–Trinajstić information content (AvgIpc) is 3.12. The Morgan fingerprint density at radius 2 is 2.00 bits per heavy atom. The standard InChI is InChI=1S/C18H16N4O6S2/c1-10-9-29-17(19-10)30-14-5-4-11(6-13(14)22(26)27)16(24)28-8-12-7-15(23)21(3)18(25)20(12)2/h4-7,9H,8H2,1-3H3.